The van der Waals surface area contributed by atoms with Crippen molar-refractivity contribution in [1.82, 2.24) is 10.3 Å². The number of fused-ring (bicyclic) bond motifs is 1. The van der Waals surface area contributed by atoms with Gasteiger partial charge in [0, 0.05) is 34.0 Å². The third-order valence-electron chi connectivity index (χ3n) is 8.63. The predicted octanol–water partition coefficient (Wildman–Crippen LogP) is 7.20. The molecule has 1 aliphatic carbocycles. The Hall–Kier alpha value is -3.19. The summed E-state index contributed by atoms with van der Waals surface area (Å²) in [5.74, 6) is -0.375. The summed E-state index contributed by atoms with van der Waals surface area (Å²) in [7, 11) is 0. The number of aromatic nitrogens is 1. The van der Waals surface area contributed by atoms with E-state index in [1.807, 2.05) is 24.3 Å². The predicted molar refractivity (Wildman–Crippen MR) is 158 cm³/mol. The molecule has 1 amide bonds. The second-order valence-electron chi connectivity index (χ2n) is 11.5. The van der Waals surface area contributed by atoms with Crippen LogP contribution in [0.1, 0.15) is 53.3 Å². The number of hydrogen-bond acceptors (Lipinski definition) is 3. The molecule has 2 aliphatic rings. The summed E-state index contributed by atoms with van der Waals surface area (Å²) in [5, 5.41) is 8.52. The number of rotatable bonds is 8. The number of amides is 1. The number of carbonyl (C=O) groups is 1. The number of H-pyrrole nitrogens is 1. The largest absolute Gasteiger partial charge is 0.375 e. The Bertz CT molecular complexity index is 1510. The molecule has 4 aromatic rings. The molecule has 5 nitrogen and oxygen atoms in total. The van der Waals surface area contributed by atoms with Crippen LogP contribution in [-0.2, 0) is 22.4 Å². The van der Waals surface area contributed by atoms with Gasteiger partial charge in [-0.3, -0.25) is 4.79 Å². The van der Waals surface area contributed by atoms with E-state index in [0.29, 0.717) is 48.7 Å². The molecule has 0 radical (unpaired) electrons. The van der Waals surface area contributed by atoms with E-state index in [2.05, 4.69) is 47.7 Å². The highest BCUT2D eigenvalue weighted by Crippen LogP contribution is 2.50. The van der Waals surface area contributed by atoms with Gasteiger partial charge in [-0.05, 0) is 104 Å². The van der Waals surface area contributed by atoms with Crippen LogP contribution in [0.25, 0.3) is 10.9 Å². The third kappa shape index (κ3) is 5.53. The van der Waals surface area contributed by atoms with Crippen LogP contribution in [0, 0.1) is 25.1 Å². The quantitative estimate of drug-likeness (QED) is 0.214. The van der Waals surface area contributed by atoms with Crippen molar-refractivity contribution in [2.24, 2.45) is 5.41 Å². The molecule has 3 N–H and O–H groups in total. The number of morpholine rings is 1. The van der Waals surface area contributed by atoms with E-state index in [9.17, 15) is 9.18 Å². The molecule has 2 heterocycles. The standard InChI is InChI=1S/C33H35ClFN3O2/c1-20-14-23-16-30(37-29(23)15-21(20)2)31-19-40-24(18-36-31)10-11-25-27(35)8-5-9-28(25)38-32(39)33(12-13-33)17-22-6-3-4-7-26(22)34/h3-9,14-16,24,31,36-37H,10-13,17-19H2,1-2H3,(H,38,39)/t24-,31+/m1/s1. The lowest BCUT2D eigenvalue weighted by Crippen LogP contribution is -2.41. The van der Waals surface area contributed by atoms with Crippen molar-refractivity contribution in [2.45, 2.75) is 58.1 Å². The van der Waals surface area contributed by atoms with Gasteiger partial charge >= 0.3 is 0 Å². The summed E-state index contributed by atoms with van der Waals surface area (Å²) in [6.07, 6.45) is 3.27. The van der Waals surface area contributed by atoms with Crippen LogP contribution < -0.4 is 10.6 Å². The zero-order valence-corrected chi connectivity index (χ0v) is 23.7. The number of nitrogens with one attached hydrogen (secondary N) is 3. The zero-order valence-electron chi connectivity index (χ0n) is 23.0. The molecule has 6 rings (SSSR count). The fourth-order valence-corrected chi connectivity index (χ4v) is 5.96. The van der Waals surface area contributed by atoms with Crippen LogP contribution in [0.2, 0.25) is 5.02 Å². The van der Waals surface area contributed by atoms with Gasteiger partial charge in [0.1, 0.15) is 5.82 Å². The maximum absolute atomic E-state index is 15.0. The van der Waals surface area contributed by atoms with Crippen molar-refractivity contribution in [3.63, 3.8) is 0 Å². The number of aromatic amines is 1. The molecular formula is C33H35ClFN3O2. The van der Waals surface area contributed by atoms with Gasteiger partial charge < -0.3 is 20.4 Å². The Labute approximate surface area is 239 Å². The lowest BCUT2D eigenvalue weighted by Gasteiger charge is -2.30. The maximum atomic E-state index is 15.0. The van der Waals surface area contributed by atoms with Gasteiger partial charge in [-0.25, -0.2) is 4.39 Å². The van der Waals surface area contributed by atoms with Crippen molar-refractivity contribution in [3.8, 4) is 0 Å². The summed E-state index contributed by atoms with van der Waals surface area (Å²) in [6, 6.07) is 19.2. The fraction of sp³-hybridized carbons (Fsp3) is 0.364. The molecule has 1 saturated carbocycles. The van der Waals surface area contributed by atoms with Gasteiger partial charge in [0.25, 0.3) is 0 Å². The Morgan fingerprint density at radius 1 is 1.10 bits per heavy atom. The van der Waals surface area contributed by atoms with E-state index >= 15 is 0 Å². The van der Waals surface area contributed by atoms with Crippen molar-refractivity contribution in [3.05, 3.63) is 99.5 Å². The first-order valence-electron chi connectivity index (χ1n) is 14.1. The normalized spacial score (nSPS) is 20.0. The first kappa shape index (κ1) is 27.0. The van der Waals surface area contributed by atoms with Crippen molar-refractivity contribution < 1.29 is 13.9 Å². The minimum absolute atomic E-state index is 0.0386. The maximum Gasteiger partial charge on any atom is 0.230 e. The fourth-order valence-electron chi connectivity index (χ4n) is 5.75. The zero-order chi connectivity index (χ0) is 27.9. The summed E-state index contributed by atoms with van der Waals surface area (Å²) < 4.78 is 21.2. The molecular weight excluding hydrogens is 525 g/mol. The lowest BCUT2D eigenvalue weighted by atomic mass is 9.95. The Morgan fingerprint density at radius 3 is 2.65 bits per heavy atom. The number of carbonyl (C=O) groups excluding carboxylic acids is 1. The molecule has 3 aromatic carbocycles. The average molecular weight is 560 g/mol. The molecule has 0 unspecified atom stereocenters. The van der Waals surface area contributed by atoms with Crippen molar-refractivity contribution in [1.29, 1.82) is 0 Å². The van der Waals surface area contributed by atoms with Crippen LogP contribution in [0.15, 0.2) is 60.7 Å². The number of benzene rings is 3. The van der Waals surface area contributed by atoms with Gasteiger partial charge in [0.05, 0.1) is 24.2 Å². The summed E-state index contributed by atoms with van der Waals surface area (Å²) in [5.41, 5.74) is 6.35. The van der Waals surface area contributed by atoms with E-state index in [-0.39, 0.29) is 23.9 Å². The van der Waals surface area contributed by atoms with Crippen molar-refractivity contribution in [2.75, 3.05) is 18.5 Å². The minimum Gasteiger partial charge on any atom is -0.375 e. The third-order valence-corrected chi connectivity index (χ3v) is 9.00. The highest BCUT2D eigenvalue weighted by atomic mass is 35.5. The summed E-state index contributed by atoms with van der Waals surface area (Å²) in [4.78, 5) is 16.9. The topological polar surface area (TPSA) is 66.2 Å². The molecule has 2 fully saturated rings. The van der Waals surface area contributed by atoms with Gasteiger partial charge in [-0.1, -0.05) is 35.9 Å². The van der Waals surface area contributed by atoms with Gasteiger partial charge in [0.2, 0.25) is 5.91 Å². The Morgan fingerprint density at radius 2 is 1.90 bits per heavy atom. The molecule has 0 spiro atoms. The molecule has 2 atom stereocenters. The van der Waals surface area contributed by atoms with Gasteiger partial charge in [-0.15, -0.1) is 0 Å². The molecule has 208 valence electrons. The van der Waals surface area contributed by atoms with Crippen LogP contribution in [-0.4, -0.2) is 30.1 Å². The Kier molecular flexibility index (Phi) is 7.43. The van der Waals surface area contributed by atoms with Crippen LogP contribution >= 0.6 is 11.6 Å². The molecule has 1 saturated heterocycles. The van der Waals surface area contributed by atoms with Crippen LogP contribution in [0.5, 0.6) is 0 Å². The first-order valence-corrected chi connectivity index (χ1v) is 14.5. The second-order valence-corrected chi connectivity index (χ2v) is 11.9. The molecule has 1 aliphatic heterocycles. The van der Waals surface area contributed by atoms with Gasteiger partial charge in [0.15, 0.2) is 0 Å². The van der Waals surface area contributed by atoms with E-state index in [1.165, 1.54) is 22.6 Å². The van der Waals surface area contributed by atoms with E-state index in [0.717, 1.165) is 29.6 Å². The van der Waals surface area contributed by atoms with Crippen LogP contribution in [0.3, 0.4) is 0 Å². The molecule has 1 aromatic heterocycles. The molecule has 0 bridgehead atoms. The number of halogens is 2. The van der Waals surface area contributed by atoms with E-state index in [1.54, 1.807) is 12.1 Å². The average Bonchev–Trinajstić information content (AvgIpc) is 3.62. The highest BCUT2D eigenvalue weighted by Gasteiger charge is 2.50. The summed E-state index contributed by atoms with van der Waals surface area (Å²) >= 11 is 6.36. The lowest BCUT2D eigenvalue weighted by molar-refractivity contribution is -0.121. The van der Waals surface area contributed by atoms with Gasteiger partial charge in [-0.2, -0.15) is 0 Å². The monoisotopic (exact) mass is 559 g/mol. The Balaban J connectivity index is 1.07. The van der Waals surface area contributed by atoms with Crippen LogP contribution in [0.4, 0.5) is 10.1 Å². The SMILES string of the molecule is Cc1cc2cc([C@@H]3CO[C@H](CCc4c(F)cccc4NC(=O)C4(Cc5ccccc5Cl)CC4)CN3)[nH]c2cc1C. The highest BCUT2D eigenvalue weighted by molar-refractivity contribution is 6.31. The first-order chi connectivity index (χ1) is 19.3. The molecule has 7 heteroatoms. The number of hydrogen-bond donors (Lipinski definition) is 3. The number of anilines is 1. The molecule has 40 heavy (non-hydrogen) atoms. The van der Waals surface area contributed by atoms with Crippen molar-refractivity contribution >= 4 is 34.1 Å². The summed E-state index contributed by atoms with van der Waals surface area (Å²) in [6.45, 7) is 5.47. The smallest absolute Gasteiger partial charge is 0.230 e. The number of ether oxygens (including phenoxy) is 1. The number of aryl methyl sites for hydroxylation is 2. The minimum atomic E-state index is -0.486. The van der Waals surface area contributed by atoms with E-state index in [4.69, 9.17) is 16.3 Å². The van der Waals surface area contributed by atoms with E-state index < -0.39 is 5.41 Å². The second kappa shape index (κ2) is 11.0.